The molecule has 0 saturated heterocycles. The molecule has 120 valence electrons. The van der Waals surface area contributed by atoms with Gasteiger partial charge in [-0.2, -0.15) is 5.10 Å². The summed E-state index contributed by atoms with van der Waals surface area (Å²) in [5.74, 6) is -0.512. The molecule has 5 nitrogen and oxygen atoms in total. The third kappa shape index (κ3) is 4.15. The minimum atomic E-state index is -0.386. The number of aromatic hydroxyl groups is 1. The number of amides is 1. The molecular weight excluding hydrogens is 337 g/mol. The molecule has 2 aromatic carbocycles. The van der Waals surface area contributed by atoms with Crippen LogP contribution in [0.2, 0.25) is 10.0 Å². The van der Waals surface area contributed by atoms with E-state index in [2.05, 4.69) is 10.5 Å². The van der Waals surface area contributed by atoms with Crippen molar-refractivity contribution in [3.8, 4) is 5.75 Å². The summed E-state index contributed by atoms with van der Waals surface area (Å²) in [5, 5.41) is 14.6. The number of hydrazone groups is 1. The zero-order valence-corrected chi connectivity index (χ0v) is 13.8. The predicted octanol–water partition coefficient (Wildman–Crippen LogP) is 3.83. The van der Waals surface area contributed by atoms with Gasteiger partial charge in [-0.25, -0.2) is 5.43 Å². The van der Waals surface area contributed by atoms with Crippen molar-refractivity contribution in [2.45, 2.75) is 13.3 Å². The zero-order valence-electron chi connectivity index (χ0n) is 12.3. The molecule has 0 saturated carbocycles. The summed E-state index contributed by atoms with van der Waals surface area (Å²) in [6.07, 6.45) is 0.465. The van der Waals surface area contributed by atoms with E-state index in [9.17, 15) is 9.90 Å². The molecule has 1 amide bonds. The van der Waals surface area contributed by atoms with Crippen molar-refractivity contribution in [1.29, 1.82) is 0 Å². The smallest absolute Gasteiger partial charge is 0.271 e. The van der Waals surface area contributed by atoms with Crippen molar-refractivity contribution < 1.29 is 9.90 Å². The third-order valence-corrected chi connectivity index (χ3v) is 3.65. The fourth-order valence-electron chi connectivity index (χ4n) is 1.93. The van der Waals surface area contributed by atoms with Gasteiger partial charge in [-0.1, -0.05) is 30.1 Å². The minimum Gasteiger partial charge on any atom is -0.506 e. The van der Waals surface area contributed by atoms with E-state index in [1.165, 1.54) is 6.07 Å². The van der Waals surface area contributed by atoms with Gasteiger partial charge >= 0.3 is 0 Å². The number of carbonyl (C=O) groups excluding carboxylic acids is 1. The van der Waals surface area contributed by atoms with Gasteiger partial charge < -0.3 is 10.8 Å². The summed E-state index contributed by atoms with van der Waals surface area (Å²) >= 11 is 11.9. The van der Waals surface area contributed by atoms with Crippen molar-refractivity contribution in [1.82, 2.24) is 5.43 Å². The van der Waals surface area contributed by atoms with E-state index in [4.69, 9.17) is 28.9 Å². The van der Waals surface area contributed by atoms with Crippen LogP contribution in [0.5, 0.6) is 5.75 Å². The number of halogens is 2. The van der Waals surface area contributed by atoms with E-state index < -0.39 is 0 Å². The van der Waals surface area contributed by atoms with Crippen molar-refractivity contribution >= 4 is 40.5 Å². The summed E-state index contributed by atoms with van der Waals surface area (Å²) in [4.78, 5) is 12.1. The Hall–Kier alpha value is -2.24. The number of benzene rings is 2. The second-order valence-corrected chi connectivity index (χ2v) is 5.60. The number of phenolic OH excluding ortho intramolecular Hbond substituents is 1. The van der Waals surface area contributed by atoms with Gasteiger partial charge in [0.25, 0.3) is 5.91 Å². The molecule has 23 heavy (non-hydrogen) atoms. The summed E-state index contributed by atoms with van der Waals surface area (Å²) in [7, 11) is 0. The van der Waals surface area contributed by atoms with Crippen LogP contribution in [0.4, 0.5) is 5.69 Å². The van der Waals surface area contributed by atoms with E-state index in [0.29, 0.717) is 34.0 Å². The number of hydrogen-bond donors (Lipinski definition) is 3. The fraction of sp³-hybridized carbons (Fsp3) is 0.125. The number of nitrogens with one attached hydrogen (secondary N) is 1. The van der Waals surface area contributed by atoms with Gasteiger partial charge in [0.05, 0.1) is 10.7 Å². The number of rotatable bonds is 4. The number of carbonyl (C=O) groups is 1. The molecule has 0 aromatic heterocycles. The first-order chi connectivity index (χ1) is 10.9. The van der Waals surface area contributed by atoms with Gasteiger partial charge in [-0.3, -0.25) is 4.79 Å². The number of nitrogens with two attached hydrogens (primary N) is 1. The van der Waals surface area contributed by atoms with Crippen LogP contribution in [0.25, 0.3) is 0 Å². The molecule has 0 aliphatic rings. The number of nitrogens with zero attached hydrogens (tertiary/aromatic N) is 1. The normalized spacial score (nSPS) is 11.3. The van der Waals surface area contributed by atoms with Crippen LogP contribution in [0.15, 0.2) is 41.5 Å². The Morgan fingerprint density at radius 1 is 1.26 bits per heavy atom. The number of nitrogen functional groups attached to an aromatic ring is 1. The Labute approximate surface area is 143 Å². The summed E-state index contributed by atoms with van der Waals surface area (Å²) < 4.78 is 0. The molecule has 4 N–H and O–H groups in total. The summed E-state index contributed by atoms with van der Waals surface area (Å²) in [5.41, 5.74) is 9.85. The third-order valence-electron chi connectivity index (χ3n) is 3.14. The van der Waals surface area contributed by atoms with Gasteiger partial charge in [0, 0.05) is 21.8 Å². The lowest BCUT2D eigenvalue weighted by Gasteiger charge is -2.09. The van der Waals surface area contributed by atoms with Gasteiger partial charge in [0.15, 0.2) is 0 Å². The Balaban J connectivity index is 2.26. The molecule has 0 atom stereocenters. The van der Waals surface area contributed by atoms with Crippen LogP contribution in [0.3, 0.4) is 0 Å². The largest absolute Gasteiger partial charge is 0.506 e. The van der Waals surface area contributed by atoms with Crippen molar-refractivity contribution in [3.05, 3.63) is 57.6 Å². The zero-order chi connectivity index (χ0) is 17.0. The Kier molecular flexibility index (Phi) is 5.47. The van der Waals surface area contributed by atoms with Crippen molar-refractivity contribution in [2.75, 3.05) is 5.73 Å². The van der Waals surface area contributed by atoms with Gasteiger partial charge in [0.1, 0.15) is 5.75 Å². The lowest BCUT2D eigenvalue weighted by Crippen LogP contribution is -2.20. The van der Waals surface area contributed by atoms with Crippen LogP contribution < -0.4 is 11.2 Å². The SMILES string of the molecule is CC/C(=N\NC(=O)c1ccc(N)cc1)c1cc(Cl)cc(Cl)c1O. The first-order valence-electron chi connectivity index (χ1n) is 6.83. The summed E-state index contributed by atoms with van der Waals surface area (Å²) in [6.45, 7) is 1.84. The molecule has 2 rings (SSSR count). The maximum absolute atomic E-state index is 12.1. The van der Waals surface area contributed by atoms with Crippen molar-refractivity contribution in [2.24, 2.45) is 5.10 Å². The molecule has 0 unspecified atom stereocenters. The standard InChI is InChI=1S/C16H15Cl2N3O2/c1-2-14(12-7-10(17)8-13(18)15(12)22)20-21-16(23)9-3-5-11(19)6-4-9/h3-8,22H,2,19H2,1H3,(H,21,23)/b20-14+. The first kappa shape index (κ1) is 17.1. The quantitative estimate of drug-likeness (QED) is 0.444. The van der Waals surface area contributed by atoms with Crippen LogP contribution in [-0.4, -0.2) is 16.7 Å². The van der Waals surface area contributed by atoms with Gasteiger partial charge in [-0.15, -0.1) is 0 Å². The molecule has 7 heteroatoms. The van der Waals surface area contributed by atoms with E-state index >= 15 is 0 Å². The topological polar surface area (TPSA) is 87.7 Å². The van der Waals surface area contributed by atoms with Gasteiger partial charge in [-0.05, 0) is 42.8 Å². The molecule has 0 aliphatic heterocycles. The molecule has 0 bridgehead atoms. The lowest BCUT2D eigenvalue weighted by atomic mass is 10.1. The molecule has 0 heterocycles. The molecule has 0 spiro atoms. The Morgan fingerprint density at radius 3 is 2.52 bits per heavy atom. The Morgan fingerprint density at radius 2 is 1.91 bits per heavy atom. The van der Waals surface area contributed by atoms with E-state index in [0.717, 1.165) is 0 Å². The molecule has 0 aliphatic carbocycles. The lowest BCUT2D eigenvalue weighted by molar-refractivity contribution is 0.0955. The van der Waals surface area contributed by atoms with E-state index in [-0.39, 0.29) is 16.7 Å². The highest BCUT2D eigenvalue weighted by atomic mass is 35.5. The minimum absolute atomic E-state index is 0.124. The maximum Gasteiger partial charge on any atom is 0.271 e. The van der Waals surface area contributed by atoms with E-state index in [1.807, 2.05) is 6.92 Å². The predicted molar refractivity (Wildman–Crippen MR) is 93.3 cm³/mol. The molecule has 0 fully saturated rings. The first-order valence-corrected chi connectivity index (χ1v) is 7.58. The average molecular weight is 352 g/mol. The number of anilines is 1. The summed E-state index contributed by atoms with van der Waals surface area (Å²) in [6, 6.07) is 9.42. The molecule has 0 radical (unpaired) electrons. The van der Waals surface area contributed by atoms with Crippen LogP contribution >= 0.6 is 23.2 Å². The number of phenols is 1. The number of hydrogen-bond acceptors (Lipinski definition) is 4. The fourth-order valence-corrected chi connectivity index (χ4v) is 2.43. The highest BCUT2D eigenvalue weighted by molar-refractivity contribution is 6.36. The maximum atomic E-state index is 12.1. The van der Waals surface area contributed by atoms with Gasteiger partial charge in [0.2, 0.25) is 0 Å². The second-order valence-electron chi connectivity index (χ2n) is 4.76. The molecule has 2 aromatic rings. The highest BCUT2D eigenvalue weighted by Crippen LogP contribution is 2.32. The monoisotopic (exact) mass is 351 g/mol. The second kappa shape index (κ2) is 7.35. The van der Waals surface area contributed by atoms with Crippen LogP contribution in [0, 0.1) is 0 Å². The van der Waals surface area contributed by atoms with Crippen molar-refractivity contribution in [3.63, 3.8) is 0 Å². The van der Waals surface area contributed by atoms with E-state index in [1.54, 1.807) is 30.3 Å². The molecular formula is C16H15Cl2N3O2. The average Bonchev–Trinajstić information content (AvgIpc) is 2.52. The van der Waals surface area contributed by atoms with Crippen LogP contribution in [0.1, 0.15) is 29.3 Å². The Bertz CT molecular complexity index is 759. The van der Waals surface area contributed by atoms with Crippen LogP contribution in [-0.2, 0) is 0 Å². The highest BCUT2D eigenvalue weighted by Gasteiger charge is 2.13.